The highest BCUT2D eigenvalue weighted by Crippen LogP contribution is 2.43. The fourth-order valence-electron chi connectivity index (χ4n) is 3.60. The molecule has 2 heterocycles. The van der Waals surface area contributed by atoms with Crippen LogP contribution < -0.4 is 5.32 Å². The summed E-state index contributed by atoms with van der Waals surface area (Å²) < 4.78 is 11.4. The molecule has 132 valence electrons. The molecule has 1 aliphatic heterocycles. The Morgan fingerprint density at radius 3 is 2.74 bits per heavy atom. The van der Waals surface area contributed by atoms with Crippen molar-refractivity contribution in [3.8, 4) is 0 Å². The van der Waals surface area contributed by atoms with E-state index in [1.807, 2.05) is 12.1 Å². The highest BCUT2D eigenvalue weighted by molar-refractivity contribution is 4.97. The lowest BCUT2D eigenvalue weighted by Crippen LogP contribution is -2.39. The first kappa shape index (κ1) is 18.5. The van der Waals surface area contributed by atoms with Crippen LogP contribution in [0, 0.1) is 17.3 Å². The third-order valence-corrected chi connectivity index (χ3v) is 5.31. The topological polar surface area (TPSA) is 34.4 Å². The number of hydrogen-bond acceptors (Lipinski definition) is 3. The number of rotatable bonds is 9. The monoisotopic (exact) mass is 321 g/mol. The van der Waals surface area contributed by atoms with Gasteiger partial charge in [0.05, 0.1) is 18.9 Å². The van der Waals surface area contributed by atoms with E-state index in [0.717, 1.165) is 31.4 Å². The Morgan fingerprint density at radius 1 is 1.26 bits per heavy atom. The van der Waals surface area contributed by atoms with E-state index in [1.54, 1.807) is 6.26 Å². The summed E-state index contributed by atoms with van der Waals surface area (Å²) in [5.74, 6) is 2.42. The van der Waals surface area contributed by atoms with Gasteiger partial charge < -0.3 is 14.5 Å². The van der Waals surface area contributed by atoms with Gasteiger partial charge >= 0.3 is 0 Å². The van der Waals surface area contributed by atoms with Crippen molar-refractivity contribution in [3.63, 3.8) is 0 Å². The first-order valence-electron chi connectivity index (χ1n) is 9.35. The molecule has 0 spiro atoms. The van der Waals surface area contributed by atoms with Crippen molar-refractivity contribution < 1.29 is 9.15 Å². The third-order valence-electron chi connectivity index (χ3n) is 5.31. The van der Waals surface area contributed by atoms with Gasteiger partial charge in [-0.3, -0.25) is 0 Å². The third kappa shape index (κ3) is 5.96. The van der Waals surface area contributed by atoms with E-state index < -0.39 is 0 Å². The lowest BCUT2D eigenvalue weighted by Gasteiger charge is -2.43. The Bertz CT molecular complexity index is 427. The summed E-state index contributed by atoms with van der Waals surface area (Å²) in [4.78, 5) is 0. The van der Waals surface area contributed by atoms with E-state index in [2.05, 4.69) is 33.0 Å². The Hall–Kier alpha value is -0.800. The van der Waals surface area contributed by atoms with E-state index >= 15 is 0 Å². The molecular formula is C20H35NO2. The first-order chi connectivity index (χ1) is 11.0. The molecule has 0 unspecified atom stereocenters. The zero-order valence-electron chi connectivity index (χ0n) is 15.4. The maximum Gasteiger partial charge on any atom is 0.117 e. The molecule has 1 N–H and O–H groups in total. The summed E-state index contributed by atoms with van der Waals surface area (Å²) in [6, 6.07) is 3.98. The molecule has 0 amide bonds. The molecule has 2 atom stereocenters. The van der Waals surface area contributed by atoms with Crippen LogP contribution in [0.2, 0.25) is 0 Å². The standard InChI is InChI=1S/C20H35NO2/c1-16(2)7-8-20(10-13-23-19(14-20)17(3)4)9-11-21-15-18-6-5-12-22-18/h5-6,12,16-17,19,21H,7-11,13-15H2,1-4H3/t19-,20+/m1/s1. The molecule has 0 aromatic carbocycles. The van der Waals surface area contributed by atoms with Crippen LogP contribution in [0.1, 0.15) is 65.6 Å². The van der Waals surface area contributed by atoms with Crippen LogP contribution in [0.5, 0.6) is 0 Å². The average Bonchev–Trinajstić information content (AvgIpc) is 3.03. The maximum absolute atomic E-state index is 6.03. The van der Waals surface area contributed by atoms with Gasteiger partial charge in [0.1, 0.15) is 5.76 Å². The molecule has 1 fully saturated rings. The van der Waals surface area contributed by atoms with Crippen LogP contribution in [-0.2, 0) is 11.3 Å². The normalized spacial score (nSPS) is 25.4. The van der Waals surface area contributed by atoms with Gasteiger partial charge in [0.2, 0.25) is 0 Å². The molecule has 0 bridgehead atoms. The zero-order chi connectivity index (χ0) is 16.7. The fraction of sp³-hybridized carbons (Fsp3) is 0.800. The van der Waals surface area contributed by atoms with Crippen molar-refractivity contribution in [2.24, 2.45) is 17.3 Å². The minimum Gasteiger partial charge on any atom is -0.468 e. The average molecular weight is 322 g/mol. The molecule has 1 saturated heterocycles. The summed E-state index contributed by atoms with van der Waals surface area (Å²) >= 11 is 0. The van der Waals surface area contributed by atoms with E-state index in [0.29, 0.717) is 17.4 Å². The highest BCUT2D eigenvalue weighted by atomic mass is 16.5. The maximum atomic E-state index is 6.03. The fourth-order valence-corrected chi connectivity index (χ4v) is 3.60. The van der Waals surface area contributed by atoms with Crippen LogP contribution in [0.15, 0.2) is 22.8 Å². The predicted octanol–water partition coefficient (Wildman–Crippen LogP) is 5.02. The quantitative estimate of drug-likeness (QED) is 0.649. The molecule has 0 saturated carbocycles. The number of hydrogen-bond donors (Lipinski definition) is 1. The van der Waals surface area contributed by atoms with Crippen molar-refractivity contribution in [3.05, 3.63) is 24.2 Å². The minimum atomic E-state index is 0.431. The van der Waals surface area contributed by atoms with Crippen LogP contribution in [0.3, 0.4) is 0 Å². The second kappa shape index (κ2) is 8.89. The molecule has 3 nitrogen and oxygen atoms in total. The molecule has 2 rings (SSSR count). The molecule has 1 aromatic rings. The summed E-state index contributed by atoms with van der Waals surface area (Å²) in [5, 5.41) is 3.56. The number of ether oxygens (including phenoxy) is 1. The lowest BCUT2D eigenvalue weighted by atomic mass is 9.69. The molecule has 3 heteroatoms. The van der Waals surface area contributed by atoms with E-state index in [1.165, 1.54) is 32.1 Å². The molecular weight excluding hydrogens is 286 g/mol. The van der Waals surface area contributed by atoms with E-state index in [4.69, 9.17) is 9.15 Å². The van der Waals surface area contributed by atoms with Crippen molar-refractivity contribution in [1.82, 2.24) is 5.32 Å². The van der Waals surface area contributed by atoms with E-state index in [9.17, 15) is 0 Å². The van der Waals surface area contributed by atoms with Gasteiger partial charge in [0, 0.05) is 6.61 Å². The van der Waals surface area contributed by atoms with Gasteiger partial charge in [0.15, 0.2) is 0 Å². The first-order valence-corrected chi connectivity index (χ1v) is 9.35. The smallest absolute Gasteiger partial charge is 0.117 e. The second-order valence-corrected chi connectivity index (χ2v) is 8.05. The predicted molar refractivity (Wildman–Crippen MR) is 95.3 cm³/mol. The molecule has 0 aliphatic carbocycles. The van der Waals surface area contributed by atoms with Gasteiger partial charge in [-0.1, -0.05) is 34.1 Å². The van der Waals surface area contributed by atoms with Crippen molar-refractivity contribution in [2.75, 3.05) is 13.2 Å². The van der Waals surface area contributed by atoms with Gasteiger partial charge in [-0.2, -0.15) is 0 Å². The second-order valence-electron chi connectivity index (χ2n) is 8.05. The van der Waals surface area contributed by atoms with Crippen LogP contribution in [-0.4, -0.2) is 19.3 Å². The van der Waals surface area contributed by atoms with Crippen LogP contribution in [0.4, 0.5) is 0 Å². The van der Waals surface area contributed by atoms with E-state index in [-0.39, 0.29) is 0 Å². The summed E-state index contributed by atoms with van der Waals surface area (Å²) in [6.45, 7) is 12.1. The van der Waals surface area contributed by atoms with Gasteiger partial charge in [-0.05, 0) is 61.6 Å². The Balaban J connectivity index is 1.87. The molecule has 1 aromatic heterocycles. The van der Waals surface area contributed by atoms with Crippen molar-refractivity contribution in [2.45, 2.75) is 72.4 Å². The Labute approximate surface area is 142 Å². The summed E-state index contributed by atoms with van der Waals surface area (Å²) in [6.07, 6.45) is 8.51. The van der Waals surface area contributed by atoms with Crippen molar-refractivity contribution >= 4 is 0 Å². The molecule has 23 heavy (non-hydrogen) atoms. The highest BCUT2D eigenvalue weighted by Gasteiger charge is 2.37. The SMILES string of the molecule is CC(C)CC[C@]1(CCNCc2ccco2)CCO[C@@H](C(C)C)C1. The number of furan rings is 1. The van der Waals surface area contributed by atoms with Gasteiger partial charge in [0.25, 0.3) is 0 Å². The van der Waals surface area contributed by atoms with Gasteiger partial charge in [-0.15, -0.1) is 0 Å². The largest absolute Gasteiger partial charge is 0.468 e. The molecule has 0 radical (unpaired) electrons. The summed E-state index contributed by atoms with van der Waals surface area (Å²) in [7, 11) is 0. The summed E-state index contributed by atoms with van der Waals surface area (Å²) in [5.41, 5.74) is 0.452. The van der Waals surface area contributed by atoms with Crippen LogP contribution >= 0.6 is 0 Å². The van der Waals surface area contributed by atoms with Crippen molar-refractivity contribution in [1.29, 1.82) is 0 Å². The molecule has 1 aliphatic rings. The minimum absolute atomic E-state index is 0.431. The zero-order valence-corrected chi connectivity index (χ0v) is 15.4. The number of nitrogens with one attached hydrogen (secondary N) is 1. The van der Waals surface area contributed by atoms with Crippen LogP contribution in [0.25, 0.3) is 0 Å². The Morgan fingerprint density at radius 2 is 2.09 bits per heavy atom. The lowest BCUT2D eigenvalue weighted by molar-refractivity contribution is -0.0761. The van der Waals surface area contributed by atoms with Gasteiger partial charge in [-0.25, -0.2) is 0 Å². The Kier molecular flexibility index (Phi) is 7.16.